The summed E-state index contributed by atoms with van der Waals surface area (Å²) in [5, 5.41) is 10.5. The number of hydrogen-bond acceptors (Lipinski definition) is 3. The van der Waals surface area contributed by atoms with E-state index < -0.39 is 11.0 Å². The van der Waals surface area contributed by atoms with E-state index in [2.05, 4.69) is 0 Å². The molecular weight excluding hydrogens is 204 g/mol. The van der Waals surface area contributed by atoms with Crippen molar-refractivity contribution in [1.29, 1.82) is 0 Å². The SMILES string of the molecule is CCC(=O)[C@@](O)(CC)[C@@]1(C=O)C=CC=CC1. The average molecular weight is 222 g/mol. The summed E-state index contributed by atoms with van der Waals surface area (Å²) in [6.07, 6.45) is 8.52. The normalized spacial score (nSPS) is 27.4. The van der Waals surface area contributed by atoms with Crippen molar-refractivity contribution in [3.05, 3.63) is 24.3 Å². The lowest BCUT2D eigenvalue weighted by Crippen LogP contribution is -2.54. The molecule has 0 aliphatic heterocycles. The van der Waals surface area contributed by atoms with Crippen molar-refractivity contribution >= 4 is 12.1 Å². The first-order chi connectivity index (χ1) is 7.56. The monoisotopic (exact) mass is 222 g/mol. The molecule has 3 nitrogen and oxygen atoms in total. The lowest BCUT2D eigenvalue weighted by Gasteiger charge is -2.40. The van der Waals surface area contributed by atoms with Gasteiger partial charge >= 0.3 is 0 Å². The second kappa shape index (κ2) is 4.74. The fraction of sp³-hybridized carbons (Fsp3) is 0.538. The Morgan fingerprint density at radius 2 is 2.19 bits per heavy atom. The molecule has 0 spiro atoms. The van der Waals surface area contributed by atoms with Crippen LogP contribution in [-0.2, 0) is 9.59 Å². The van der Waals surface area contributed by atoms with E-state index in [1.54, 1.807) is 32.1 Å². The molecule has 0 bridgehead atoms. The van der Waals surface area contributed by atoms with Crippen LogP contribution in [-0.4, -0.2) is 22.8 Å². The van der Waals surface area contributed by atoms with Crippen molar-refractivity contribution in [3.63, 3.8) is 0 Å². The van der Waals surface area contributed by atoms with Crippen LogP contribution in [0.2, 0.25) is 0 Å². The van der Waals surface area contributed by atoms with Crippen LogP contribution in [0.25, 0.3) is 0 Å². The Balaban J connectivity index is 3.19. The number of Topliss-reactive ketones (excluding diaryl/α,β-unsaturated/α-hetero) is 1. The van der Waals surface area contributed by atoms with Crippen LogP contribution in [0.5, 0.6) is 0 Å². The van der Waals surface area contributed by atoms with Gasteiger partial charge < -0.3 is 9.90 Å². The van der Waals surface area contributed by atoms with Gasteiger partial charge in [-0.1, -0.05) is 38.2 Å². The third kappa shape index (κ3) is 1.76. The number of carbonyl (C=O) groups excluding carboxylic acids is 2. The summed E-state index contributed by atoms with van der Waals surface area (Å²) in [5.74, 6) is -0.276. The Morgan fingerprint density at radius 1 is 1.50 bits per heavy atom. The Morgan fingerprint density at radius 3 is 2.56 bits per heavy atom. The molecule has 16 heavy (non-hydrogen) atoms. The van der Waals surface area contributed by atoms with Gasteiger partial charge in [0.2, 0.25) is 0 Å². The van der Waals surface area contributed by atoms with Crippen LogP contribution < -0.4 is 0 Å². The first-order valence-corrected chi connectivity index (χ1v) is 5.62. The molecule has 88 valence electrons. The minimum atomic E-state index is -1.58. The Bertz CT molecular complexity index is 343. The molecule has 1 N–H and O–H groups in total. The maximum absolute atomic E-state index is 11.9. The molecule has 0 aromatic carbocycles. The minimum Gasteiger partial charge on any atom is -0.381 e. The smallest absolute Gasteiger partial charge is 0.165 e. The number of carbonyl (C=O) groups is 2. The van der Waals surface area contributed by atoms with E-state index in [9.17, 15) is 14.7 Å². The van der Waals surface area contributed by atoms with Gasteiger partial charge in [-0.05, 0) is 12.8 Å². The fourth-order valence-electron chi connectivity index (χ4n) is 2.21. The summed E-state index contributed by atoms with van der Waals surface area (Å²) in [5.41, 5.74) is -2.67. The standard InChI is InChI=1S/C13H18O3/c1-3-11(15)13(16,4-2)12(10-14)8-6-5-7-9-12/h5-8,10,16H,3-4,9H2,1-2H3/t12-,13-/m0/s1. The third-order valence-electron chi connectivity index (χ3n) is 3.37. The zero-order valence-corrected chi connectivity index (χ0v) is 9.77. The molecule has 0 radical (unpaired) electrons. The predicted molar refractivity (Wildman–Crippen MR) is 61.9 cm³/mol. The van der Waals surface area contributed by atoms with Gasteiger partial charge in [0.25, 0.3) is 0 Å². The third-order valence-corrected chi connectivity index (χ3v) is 3.37. The first kappa shape index (κ1) is 12.8. The van der Waals surface area contributed by atoms with Crippen molar-refractivity contribution < 1.29 is 14.7 Å². The molecule has 0 amide bonds. The van der Waals surface area contributed by atoms with E-state index in [-0.39, 0.29) is 18.6 Å². The zero-order valence-electron chi connectivity index (χ0n) is 9.77. The van der Waals surface area contributed by atoms with Gasteiger partial charge in [0, 0.05) is 6.42 Å². The van der Waals surface area contributed by atoms with Crippen LogP contribution in [0, 0.1) is 5.41 Å². The quantitative estimate of drug-likeness (QED) is 0.722. The van der Waals surface area contributed by atoms with Gasteiger partial charge in [-0.15, -0.1) is 0 Å². The molecule has 0 saturated carbocycles. The van der Waals surface area contributed by atoms with E-state index in [0.29, 0.717) is 12.7 Å². The highest BCUT2D eigenvalue weighted by Crippen LogP contribution is 2.40. The largest absolute Gasteiger partial charge is 0.381 e. The number of rotatable bonds is 5. The lowest BCUT2D eigenvalue weighted by atomic mass is 9.65. The molecule has 2 atom stereocenters. The zero-order chi connectivity index (χ0) is 12.2. The highest BCUT2D eigenvalue weighted by atomic mass is 16.3. The maximum atomic E-state index is 11.9. The number of allylic oxidation sites excluding steroid dienone is 3. The molecule has 1 aliphatic rings. The van der Waals surface area contributed by atoms with Crippen molar-refractivity contribution in [2.24, 2.45) is 5.41 Å². The van der Waals surface area contributed by atoms with E-state index in [1.807, 2.05) is 6.08 Å². The predicted octanol–water partition coefficient (Wildman–Crippen LogP) is 1.81. The van der Waals surface area contributed by atoms with Gasteiger partial charge in [0.15, 0.2) is 5.78 Å². The molecule has 0 unspecified atom stereocenters. The van der Waals surface area contributed by atoms with E-state index in [4.69, 9.17) is 0 Å². The van der Waals surface area contributed by atoms with Gasteiger partial charge in [-0.3, -0.25) is 4.79 Å². The second-order valence-electron chi connectivity index (χ2n) is 4.14. The van der Waals surface area contributed by atoms with Crippen LogP contribution in [0.4, 0.5) is 0 Å². The fourth-order valence-corrected chi connectivity index (χ4v) is 2.21. The second-order valence-corrected chi connectivity index (χ2v) is 4.14. The van der Waals surface area contributed by atoms with Crippen LogP contribution in [0.15, 0.2) is 24.3 Å². The Labute approximate surface area is 95.9 Å². The summed E-state index contributed by atoms with van der Waals surface area (Å²) in [6.45, 7) is 3.43. The number of aliphatic hydroxyl groups is 1. The van der Waals surface area contributed by atoms with E-state index in [0.717, 1.165) is 0 Å². The number of aldehydes is 1. The van der Waals surface area contributed by atoms with Gasteiger partial charge in [-0.25, -0.2) is 0 Å². The molecule has 3 heteroatoms. The van der Waals surface area contributed by atoms with Crippen molar-refractivity contribution in [1.82, 2.24) is 0 Å². The maximum Gasteiger partial charge on any atom is 0.165 e. The molecular formula is C13H18O3. The first-order valence-electron chi connectivity index (χ1n) is 5.62. The molecule has 0 saturated heterocycles. The number of ketones is 1. The van der Waals surface area contributed by atoms with Crippen LogP contribution in [0.3, 0.4) is 0 Å². The van der Waals surface area contributed by atoms with Crippen LogP contribution >= 0.6 is 0 Å². The van der Waals surface area contributed by atoms with Crippen LogP contribution in [0.1, 0.15) is 33.1 Å². The lowest BCUT2D eigenvalue weighted by molar-refractivity contribution is -0.154. The Hall–Kier alpha value is -1.22. The summed E-state index contributed by atoms with van der Waals surface area (Å²) >= 11 is 0. The van der Waals surface area contributed by atoms with Crippen molar-refractivity contribution in [2.45, 2.75) is 38.7 Å². The van der Waals surface area contributed by atoms with E-state index in [1.165, 1.54) is 0 Å². The van der Waals surface area contributed by atoms with Crippen molar-refractivity contribution in [2.75, 3.05) is 0 Å². The van der Waals surface area contributed by atoms with E-state index >= 15 is 0 Å². The summed E-state index contributed by atoms with van der Waals surface area (Å²) < 4.78 is 0. The highest BCUT2D eigenvalue weighted by molar-refractivity contribution is 5.92. The summed E-state index contributed by atoms with van der Waals surface area (Å²) in [7, 11) is 0. The van der Waals surface area contributed by atoms with Gasteiger partial charge in [0.05, 0.1) is 5.41 Å². The van der Waals surface area contributed by atoms with Gasteiger partial charge in [-0.2, -0.15) is 0 Å². The molecule has 0 aromatic rings. The molecule has 0 heterocycles. The van der Waals surface area contributed by atoms with Crippen molar-refractivity contribution in [3.8, 4) is 0 Å². The average Bonchev–Trinajstić information content (AvgIpc) is 2.37. The highest BCUT2D eigenvalue weighted by Gasteiger charge is 2.51. The molecule has 1 rings (SSSR count). The number of hydrogen-bond donors (Lipinski definition) is 1. The molecule has 0 fully saturated rings. The topological polar surface area (TPSA) is 54.4 Å². The summed E-state index contributed by atoms with van der Waals surface area (Å²) in [4.78, 5) is 23.2. The molecule has 0 aromatic heterocycles. The Kier molecular flexibility index (Phi) is 3.81. The van der Waals surface area contributed by atoms with Gasteiger partial charge in [0.1, 0.15) is 11.9 Å². The molecule has 1 aliphatic carbocycles. The minimum absolute atomic E-state index is 0.234. The summed E-state index contributed by atoms with van der Waals surface area (Å²) in [6, 6.07) is 0.